The number of para-hydroxylation sites is 1. The van der Waals surface area contributed by atoms with Crippen LogP contribution >= 0.6 is 0 Å². The molecule has 2 aromatic heterocycles. The van der Waals surface area contributed by atoms with Crippen LogP contribution in [0.3, 0.4) is 0 Å². The second kappa shape index (κ2) is 11.7. The predicted molar refractivity (Wildman–Crippen MR) is 226 cm³/mol. The molecule has 10 aromatic rings. The van der Waals surface area contributed by atoms with Gasteiger partial charge in [-0.3, -0.25) is 0 Å². The number of rotatable bonds is 4. The molecule has 254 valence electrons. The fraction of sp³-hybridized carbons (Fsp3) is 0.0408. The second-order valence-corrected chi connectivity index (χ2v) is 19.1. The monoisotopic (exact) mass is 707 g/mol. The third-order valence-corrected chi connectivity index (χ3v) is 14.9. The molecular weight excluding hydrogens is 675 g/mol. The summed E-state index contributed by atoms with van der Waals surface area (Å²) in [5, 5.41) is 9.48. The summed E-state index contributed by atoms with van der Waals surface area (Å²) in [6, 6.07) is 57.9. The van der Waals surface area contributed by atoms with E-state index < -0.39 is 8.07 Å². The lowest BCUT2D eigenvalue weighted by Crippen LogP contribution is -2.49. The first kappa shape index (κ1) is 30.9. The van der Waals surface area contributed by atoms with Crippen LogP contribution in [0.15, 0.2) is 168 Å². The molecule has 0 bridgehead atoms. The Morgan fingerprint density at radius 1 is 0.426 bits per heavy atom. The topological polar surface area (TPSA) is 51.8 Å². The zero-order valence-corrected chi connectivity index (χ0v) is 30.8. The van der Waals surface area contributed by atoms with Gasteiger partial charge in [0.15, 0.2) is 17.5 Å². The van der Waals surface area contributed by atoms with Crippen LogP contribution in [0, 0.1) is 0 Å². The van der Waals surface area contributed by atoms with Gasteiger partial charge >= 0.3 is 0 Å². The number of hydrogen-bond donors (Lipinski definition) is 0. The van der Waals surface area contributed by atoms with Gasteiger partial charge in [-0.15, -0.1) is 0 Å². The maximum atomic E-state index is 6.87. The van der Waals surface area contributed by atoms with Crippen molar-refractivity contribution in [1.29, 1.82) is 0 Å². The molecule has 4 nitrogen and oxygen atoms in total. The minimum absolute atomic E-state index is 0.632. The highest BCUT2D eigenvalue weighted by atomic mass is 28.3. The summed E-state index contributed by atoms with van der Waals surface area (Å²) in [6.45, 7) is 4.88. The van der Waals surface area contributed by atoms with E-state index in [1.54, 1.807) is 0 Å². The molecule has 8 aromatic carbocycles. The van der Waals surface area contributed by atoms with Crippen LogP contribution in [0.5, 0.6) is 0 Å². The highest BCUT2D eigenvalue weighted by Gasteiger charge is 2.40. The Labute approximate surface area is 313 Å². The van der Waals surface area contributed by atoms with Crippen molar-refractivity contribution in [3.63, 3.8) is 0 Å². The van der Waals surface area contributed by atoms with E-state index in [-0.39, 0.29) is 0 Å². The smallest absolute Gasteiger partial charge is 0.164 e. The number of aromatic nitrogens is 3. The minimum atomic E-state index is -2.12. The summed E-state index contributed by atoms with van der Waals surface area (Å²) < 4.78 is 6.87. The van der Waals surface area contributed by atoms with Crippen molar-refractivity contribution in [3.8, 4) is 56.4 Å². The maximum absolute atomic E-state index is 6.87. The van der Waals surface area contributed by atoms with E-state index in [1.807, 2.05) is 12.1 Å². The Morgan fingerprint density at radius 2 is 1.00 bits per heavy atom. The van der Waals surface area contributed by atoms with Gasteiger partial charge in [-0.25, -0.2) is 15.0 Å². The SMILES string of the molecule is C[Si]1(C)c2ccccc2-c2c1cc(-c1nc(-c3ccccc3-c3ccccc3)nc(-c3cc4ccccc4c4ccccc34)n1)c1c2oc2ccccc21. The van der Waals surface area contributed by atoms with E-state index in [2.05, 4.69) is 165 Å². The van der Waals surface area contributed by atoms with Crippen molar-refractivity contribution >= 4 is 61.9 Å². The molecular formula is C49H33N3OSi. The van der Waals surface area contributed by atoms with Gasteiger partial charge in [-0.1, -0.05) is 159 Å². The van der Waals surface area contributed by atoms with Crippen molar-refractivity contribution < 1.29 is 4.42 Å². The number of furan rings is 1. The van der Waals surface area contributed by atoms with Crippen LogP contribution in [0.1, 0.15) is 0 Å². The molecule has 3 heterocycles. The van der Waals surface area contributed by atoms with Gasteiger partial charge in [-0.2, -0.15) is 0 Å². The molecule has 0 amide bonds. The summed E-state index contributed by atoms with van der Waals surface area (Å²) in [5.41, 5.74) is 9.32. The third-order valence-electron chi connectivity index (χ3n) is 11.3. The normalized spacial score (nSPS) is 13.1. The quantitative estimate of drug-likeness (QED) is 0.135. The van der Waals surface area contributed by atoms with Gasteiger partial charge in [0.1, 0.15) is 19.2 Å². The van der Waals surface area contributed by atoms with Gasteiger partial charge in [0.05, 0.1) is 0 Å². The van der Waals surface area contributed by atoms with Crippen LogP contribution in [-0.2, 0) is 0 Å². The first-order valence-electron chi connectivity index (χ1n) is 18.5. The number of fused-ring (bicyclic) bond motifs is 10. The standard InChI is InChI=1S/C49H33N3OSi/c1-54(2)42-27-15-13-25-38(42)45-43(54)29-40(44-37-24-12-14-26-41(37)53-46(44)45)49-51-47(36-23-11-8-19-32(36)30-16-4-3-5-17-30)50-48(52-49)39-28-31-18-6-7-20-33(31)34-21-9-10-22-35(34)39/h3-29H,1-2H3. The Balaban J connectivity index is 1.27. The minimum Gasteiger partial charge on any atom is -0.455 e. The van der Waals surface area contributed by atoms with E-state index in [1.165, 1.54) is 32.3 Å². The van der Waals surface area contributed by atoms with Crippen LogP contribution in [0.25, 0.3) is 99.9 Å². The van der Waals surface area contributed by atoms with E-state index in [9.17, 15) is 0 Å². The van der Waals surface area contributed by atoms with Crippen LogP contribution in [0.4, 0.5) is 0 Å². The fourth-order valence-electron chi connectivity index (χ4n) is 8.75. The zero-order valence-electron chi connectivity index (χ0n) is 29.8. The van der Waals surface area contributed by atoms with Crippen molar-refractivity contribution in [3.05, 3.63) is 164 Å². The molecule has 1 aliphatic rings. The van der Waals surface area contributed by atoms with E-state index >= 15 is 0 Å². The molecule has 0 radical (unpaired) electrons. The van der Waals surface area contributed by atoms with Crippen LogP contribution in [0.2, 0.25) is 13.1 Å². The zero-order chi connectivity index (χ0) is 36.0. The van der Waals surface area contributed by atoms with Gasteiger partial charge < -0.3 is 4.42 Å². The molecule has 0 spiro atoms. The average molecular weight is 708 g/mol. The lowest BCUT2D eigenvalue weighted by Gasteiger charge is -2.20. The lowest BCUT2D eigenvalue weighted by molar-refractivity contribution is 0.670. The third kappa shape index (κ3) is 4.52. The van der Waals surface area contributed by atoms with Crippen LogP contribution in [-0.4, -0.2) is 23.0 Å². The largest absolute Gasteiger partial charge is 0.455 e. The second-order valence-electron chi connectivity index (χ2n) is 14.7. The summed E-state index contributed by atoms with van der Waals surface area (Å²) in [4.78, 5) is 16.3. The fourth-order valence-corrected chi connectivity index (χ4v) is 11.8. The molecule has 0 saturated carbocycles. The van der Waals surface area contributed by atoms with Crippen molar-refractivity contribution in [2.75, 3.05) is 0 Å². The molecule has 0 atom stereocenters. The van der Waals surface area contributed by atoms with E-state index in [4.69, 9.17) is 19.4 Å². The van der Waals surface area contributed by atoms with Gasteiger partial charge in [0, 0.05) is 33.0 Å². The van der Waals surface area contributed by atoms with Gasteiger partial charge in [0.25, 0.3) is 0 Å². The van der Waals surface area contributed by atoms with Crippen molar-refractivity contribution in [2.45, 2.75) is 13.1 Å². The summed E-state index contributed by atoms with van der Waals surface area (Å²) >= 11 is 0. The molecule has 0 N–H and O–H groups in total. The van der Waals surface area contributed by atoms with Crippen molar-refractivity contribution in [2.24, 2.45) is 0 Å². The highest BCUT2D eigenvalue weighted by molar-refractivity contribution is 7.04. The molecule has 5 heteroatoms. The van der Waals surface area contributed by atoms with Crippen molar-refractivity contribution in [1.82, 2.24) is 15.0 Å². The molecule has 0 aliphatic carbocycles. The summed E-state index contributed by atoms with van der Waals surface area (Å²) in [7, 11) is -2.12. The van der Waals surface area contributed by atoms with E-state index in [0.717, 1.165) is 60.5 Å². The number of nitrogens with zero attached hydrogens (tertiary/aromatic N) is 3. The lowest BCUT2D eigenvalue weighted by atomic mass is 9.96. The number of hydrogen-bond acceptors (Lipinski definition) is 4. The van der Waals surface area contributed by atoms with Gasteiger partial charge in [0.2, 0.25) is 0 Å². The molecule has 0 unspecified atom stereocenters. The summed E-state index contributed by atoms with van der Waals surface area (Å²) in [6.07, 6.45) is 0. The van der Waals surface area contributed by atoms with E-state index in [0.29, 0.717) is 17.5 Å². The molecule has 11 rings (SSSR count). The first-order valence-corrected chi connectivity index (χ1v) is 21.5. The first-order chi connectivity index (χ1) is 26.5. The maximum Gasteiger partial charge on any atom is 0.164 e. The molecule has 0 fully saturated rings. The molecule has 54 heavy (non-hydrogen) atoms. The molecule has 0 saturated heterocycles. The summed E-state index contributed by atoms with van der Waals surface area (Å²) in [5.74, 6) is 1.91. The Morgan fingerprint density at radius 3 is 1.80 bits per heavy atom. The Hall–Kier alpha value is -6.69. The predicted octanol–water partition coefficient (Wildman–Crippen LogP) is 11.5. The Kier molecular flexibility index (Phi) is 6.67. The highest BCUT2D eigenvalue weighted by Crippen LogP contribution is 2.44. The van der Waals surface area contributed by atoms with Gasteiger partial charge in [-0.05, 0) is 66.8 Å². The van der Waals surface area contributed by atoms with Crippen LogP contribution < -0.4 is 10.4 Å². The Bertz CT molecular complexity index is 3150. The molecule has 1 aliphatic heterocycles. The number of benzene rings is 8. The average Bonchev–Trinajstić information content (AvgIpc) is 3.73.